The molecule has 2 amide bonds. The number of aryl methyl sites for hydroxylation is 2. The third-order valence-electron chi connectivity index (χ3n) is 6.07. The Balaban J connectivity index is 2.46. The molecule has 2 aromatic carbocycles. The second-order valence-electron chi connectivity index (χ2n) is 9.23. The number of anilines is 1. The summed E-state index contributed by atoms with van der Waals surface area (Å²) in [4.78, 5) is 28.4. The minimum atomic E-state index is -3.77. The Morgan fingerprint density at radius 3 is 2.06 bits per heavy atom. The first-order valence-corrected chi connectivity index (χ1v) is 14.0. The van der Waals surface area contributed by atoms with Crippen LogP contribution in [0.3, 0.4) is 0 Å². The zero-order chi connectivity index (χ0) is 27.0. The van der Waals surface area contributed by atoms with Gasteiger partial charge in [-0.2, -0.15) is 0 Å². The molecule has 0 aromatic heterocycles. The van der Waals surface area contributed by atoms with Crippen molar-refractivity contribution in [1.82, 2.24) is 10.2 Å². The van der Waals surface area contributed by atoms with Crippen molar-refractivity contribution in [3.8, 4) is 5.75 Å². The molecule has 2 aromatic rings. The van der Waals surface area contributed by atoms with E-state index in [0.29, 0.717) is 17.9 Å². The topological polar surface area (TPSA) is 96.0 Å². The molecule has 0 aliphatic heterocycles. The largest absolute Gasteiger partial charge is 0.497 e. The Morgan fingerprint density at radius 1 is 1.00 bits per heavy atom. The van der Waals surface area contributed by atoms with Gasteiger partial charge in [0.1, 0.15) is 18.3 Å². The molecule has 0 aliphatic carbocycles. The van der Waals surface area contributed by atoms with Gasteiger partial charge in [-0.15, -0.1) is 0 Å². The van der Waals surface area contributed by atoms with Crippen molar-refractivity contribution in [2.75, 3.05) is 24.2 Å². The molecule has 198 valence electrons. The Bertz CT molecular complexity index is 1130. The van der Waals surface area contributed by atoms with Crippen LogP contribution >= 0.6 is 0 Å². The van der Waals surface area contributed by atoms with Crippen LogP contribution < -0.4 is 14.4 Å². The molecule has 0 saturated heterocycles. The van der Waals surface area contributed by atoms with E-state index in [4.69, 9.17) is 4.74 Å². The highest BCUT2D eigenvalue weighted by atomic mass is 32.2. The summed E-state index contributed by atoms with van der Waals surface area (Å²) in [6, 6.07) is 11.8. The van der Waals surface area contributed by atoms with Crippen LogP contribution in [0.15, 0.2) is 42.5 Å². The van der Waals surface area contributed by atoms with Crippen molar-refractivity contribution in [3.63, 3.8) is 0 Å². The minimum Gasteiger partial charge on any atom is -0.497 e. The molecular formula is C27H39N3O5S. The maximum atomic E-state index is 13.7. The predicted octanol–water partition coefficient (Wildman–Crippen LogP) is 3.80. The van der Waals surface area contributed by atoms with Gasteiger partial charge in [-0.25, -0.2) is 8.42 Å². The number of hydrogen-bond acceptors (Lipinski definition) is 5. The van der Waals surface area contributed by atoms with Gasteiger partial charge in [-0.3, -0.25) is 13.9 Å². The molecule has 1 N–H and O–H groups in total. The van der Waals surface area contributed by atoms with E-state index in [0.717, 1.165) is 33.7 Å². The number of carbonyl (C=O) groups excluding carboxylic acids is 2. The standard InChI is InChI=1S/C27H39N3O5S/c1-8-21(5)28-27(32)25(9-2)29(17-22-10-12-24(35-6)13-11-22)26(31)18-30(36(7,33)34)23-15-19(3)14-20(4)16-23/h10-16,21,25H,8-9,17-18H2,1-7H3,(H,28,32)/t21-,25-/m0/s1. The lowest BCUT2D eigenvalue weighted by molar-refractivity contribution is -0.140. The van der Waals surface area contributed by atoms with E-state index in [-0.39, 0.29) is 18.5 Å². The molecule has 0 unspecified atom stereocenters. The summed E-state index contributed by atoms with van der Waals surface area (Å²) in [6.45, 7) is 9.21. The zero-order valence-corrected chi connectivity index (χ0v) is 23.2. The number of nitrogens with zero attached hydrogens (tertiary/aromatic N) is 2. The van der Waals surface area contributed by atoms with Crippen molar-refractivity contribution in [3.05, 3.63) is 59.2 Å². The summed E-state index contributed by atoms with van der Waals surface area (Å²) in [5.74, 6) is -0.0381. The van der Waals surface area contributed by atoms with Gasteiger partial charge in [0.2, 0.25) is 21.8 Å². The average Bonchev–Trinajstić information content (AvgIpc) is 2.81. The van der Waals surface area contributed by atoms with Gasteiger partial charge in [0.25, 0.3) is 0 Å². The molecule has 0 fully saturated rings. The first-order valence-electron chi connectivity index (χ1n) is 12.2. The number of ether oxygens (including phenoxy) is 1. The lowest BCUT2D eigenvalue weighted by atomic mass is 10.1. The van der Waals surface area contributed by atoms with Gasteiger partial charge in [0.05, 0.1) is 19.1 Å². The molecular weight excluding hydrogens is 478 g/mol. The van der Waals surface area contributed by atoms with Crippen molar-refractivity contribution >= 4 is 27.5 Å². The van der Waals surface area contributed by atoms with Gasteiger partial charge in [-0.05, 0) is 74.6 Å². The number of benzene rings is 2. The van der Waals surface area contributed by atoms with Crippen LogP contribution in [0.5, 0.6) is 5.75 Å². The van der Waals surface area contributed by atoms with E-state index in [1.807, 2.05) is 52.8 Å². The molecule has 0 heterocycles. The summed E-state index contributed by atoms with van der Waals surface area (Å²) >= 11 is 0. The lowest BCUT2D eigenvalue weighted by Crippen LogP contribution is -2.53. The molecule has 36 heavy (non-hydrogen) atoms. The maximum absolute atomic E-state index is 13.7. The highest BCUT2D eigenvalue weighted by Gasteiger charge is 2.32. The van der Waals surface area contributed by atoms with E-state index < -0.39 is 28.5 Å². The van der Waals surface area contributed by atoms with E-state index in [1.165, 1.54) is 4.90 Å². The summed E-state index contributed by atoms with van der Waals surface area (Å²) in [5, 5.41) is 2.97. The molecule has 0 bridgehead atoms. The smallest absolute Gasteiger partial charge is 0.244 e. The van der Waals surface area contributed by atoms with Crippen molar-refractivity contribution in [2.24, 2.45) is 0 Å². The monoisotopic (exact) mass is 517 g/mol. The van der Waals surface area contributed by atoms with Gasteiger partial charge in [0, 0.05) is 12.6 Å². The van der Waals surface area contributed by atoms with Crippen LogP contribution in [0.1, 0.15) is 50.3 Å². The van der Waals surface area contributed by atoms with Crippen molar-refractivity contribution < 1.29 is 22.7 Å². The third-order valence-corrected chi connectivity index (χ3v) is 7.21. The number of rotatable bonds is 12. The Kier molecular flexibility index (Phi) is 10.3. The van der Waals surface area contributed by atoms with Crippen molar-refractivity contribution in [2.45, 2.75) is 66.1 Å². The lowest BCUT2D eigenvalue weighted by Gasteiger charge is -2.33. The second kappa shape index (κ2) is 12.8. The normalized spacial score (nSPS) is 13.0. The van der Waals surface area contributed by atoms with Crippen LogP contribution in [0.2, 0.25) is 0 Å². The number of amides is 2. The van der Waals surface area contributed by atoms with Crippen LogP contribution in [0.4, 0.5) is 5.69 Å². The Morgan fingerprint density at radius 2 is 1.58 bits per heavy atom. The van der Waals surface area contributed by atoms with E-state index >= 15 is 0 Å². The summed E-state index contributed by atoms with van der Waals surface area (Å²) in [7, 11) is -2.20. The molecule has 2 atom stereocenters. The number of nitrogens with one attached hydrogen (secondary N) is 1. The number of methoxy groups -OCH3 is 1. The summed E-state index contributed by atoms with van der Waals surface area (Å²) < 4.78 is 31.9. The van der Waals surface area contributed by atoms with Crippen molar-refractivity contribution in [1.29, 1.82) is 0 Å². The zero-order valence-electron chi connectivity index (χ0n) is 22.4. The molecule has 0 radical (unpaired) electrons. The maximum Gasteiger partial charge on any atom is 0.244 e. The first-order chi connectivity index (χ1) is 16.9. The molecule has 0 aliphatic rings. The fourth-order valence-corrected chi connectivity index (χ4v) is 4.83. The average molecular weight is 518 g/mol. The van der Waals surface area contributed by atoms with Gasteiger partial charge < -0.3 is 15.0 Å². The summed E-state index contributed by atoms with van der Waals surface area (Å²) in [5.41, 5.74) is 3.00. The fourth-order valence-electron chi connectivity index (χ4n) is 4.00. The van der Waals surface area contributed by atoms with Gasteiger partial charge in [-0.1, -0.05) is 32.0 Å². The van der Waals surface area contributed by atoms with E-state index in [1.54, 1.807) is 31.4 Å². The Hall–Kier alpha value is -3.07. The fraction of sp³-hybridized carbons (Fsp3) is 0.481. The Labute approximate surface area is 215 Å². The highest BCUT2D eigenvalue weighted by Crippen LogP contribution is 2.23. The summed E-state index contributed by atoms with van der Waals surface area (Å²) in [6.07, 6.45) is 2.22. The number of carbonyl (C=O) groups is 2. The van der Waals surface area contributed by atoms with E-state index in [2.05, 4.69) is 5.32 Å². The first kappa shape index (κ1) is 29.2. The molecule has 8 nitrogen and oxygen atoms in total. The molecule has 2 rings (SSSR count). The minimum absolute atomic E-state index is 0.0488. The molecule has 0 spiro atoms. The number of hydrogen-bond donors (Lipinski definition) is 1. The number of sulfonamides is 1. The van der Waals surface area contributed by atoms with Crippen LogP contribution in [-0.2, 0) is 26.2 Å². The second-order valence-corrected chi connectivity index (χ2v) is 11.1. The molecule has 9 heteroatoms. The van der Waals surface area contributed by atoms with Gasteiger partial charge in [0.15, 0.2) is 0 Å². The van der Waals surface area contributed by atoms with E-state index in [9.17, 15) is 18.0 Å². The van der Waals surface area contributed by atoms with Crippen LogP contribution in [-0.4, -0.2) is 57.1 Å². The SMILES string of the molecule is CC[C@H](C)NC(=O)[C@H](CC)N(Cc1ccc(OC)cc1)C(=O)CN(c1cc(C)cc(C)c1)S(C)(=O)=O. The predicted molar refractivity (Wildman–Crippen MR) is 144 cm³/mol. The third kappa shape index (κ3) is 7.98. The van der Waals surface area contributed by atoms with Crippen LogP contribution in [0.25, 0.3) is 0 Å². The van der Waals surface area contributed by atoms with Crippen LogP contribution in [0, 0.1) is 13.8 Å². The van der Waals surface area contributed by atoms with Gasteiger partial charge >= 0.3 is 0 Å². The quantitative estimate of drug-likeness (QED) is 0.462. The highest BCUT2D eigenvalue weighted by molar-refractivity contribution is 7.92. The molecule has 0 saturated carbocycles.